The van der Waals surface area contributed by atoms with Crippen molar-refractivity contribution in [2.45, 2.75) is 52.4 Å². The molecule has 0 radical (unpaired) electrons. The van der Waals surface area contributed by atoms with Crippen LogP contribution >= 0.6 is 0 Å². The first-order valence-corrected chi connectivity index (χ1v) is 7.74. The topological polar surface area (TPSA) is 20.3 Å². The second kappa shape index (κ2) is 6.09. The minimum absolute atomic E-state index is 0.0949. The fourth-order valence-electron chi connectivity index (χ4n) is 2.79. The van der Waals surface area contributed by atoms with Gasteiger partial charge in [0.2, 0.25) is 0 Å². The monoisotopic (exact) mass is 273 g/mol. The van der Waals surface area contributed by atoms with Gasteiger partial charge in [-0.15, -0.1) is 0 Å². The number of nitrogens with zero attached hydrogens (tertiary/aromatic N) is 1. The number of hydrogen-bond donors (Lipinski definition) is 0. The normalized spacial score (nSPS) is 16.6. The molecule has 2 nitrogen and oxygen atoms in total. The lowest BCUT2D eigenvalue weighted by atomic mass is 9.84. The Balaban J connectivity index is 2.08. The zero-order valence-electron chi connectivity index (χ0n) is 13.3. The van der Waals surface area contributed by atoms with Crippen LogP contribution in [0.1, 0.15) is 61.5 Å². The first-order chi connectivity index (χ1) is 9.38. The number of carbonyl (C=O) groups is 1. The van der Waals surface area contributed by atoms with Crippen molar-refractivity contribution in [1.29, 1.82) is 0 Å². The Bertz CT molecular complexity index is 479. The Hall–Kier alpha value is -1.15. The number of ketones is 1. The molecule has 1 saturated heterocycles. The summed E-state index contributed by atoms with van der Waals surface area (Å²) in [6, 6.07) is 6.33. The maximum Gasteiger partial charge on any atom is 0.164 e. The molecular weight excluding hydrogens is 246 g/mol. The molecular formula is C18H27NO. The Morgan fingerprint density at radius 3 is 2.45 bits per heavy atom. The lowest BCUT2D eigenvalue weighted by molar-refractivity contribution is 0.0968. The zero-order valence-corrected chi connectivity index (χ0v) is 13.3. The number of hydrogen-bond acceptors (Lipinski definition) is 2. The minimum Gasteiger partial charge on any atom is -0.303 e. The molecule has 1 aromatic carbocycles. The van der Waals surface area contributed by atoms with Gasteiger partial charge in [-0.3, -0.25) is 4.79 Å². The Morgan fingerprint density at radius 2 is 1.85 bits per heavy atom. The maximum absolute atomic E-state index is 12.5. The summed E-state index contributed by atoms with van der Waals surface area (Å²) in [4.78, 5) is 14.9. The molecule has 1 fully saturated rings. The van der Waals surface area contributed by atoms with E-state index in [-0.39, 0.29) is 5.41 Å². The molecule has 1 heterocycles. The molecule has 1 aliphatic heterocycles. The van der Waals surface area contributed by atoms with E-state index in [4.69, 9.17) is 0 Å². The number of likely N-dealkylation sites (tertiary alicyclic amines) is 1. The average molecular weight is 273 g/mol. The summed E-state index contributed by atoms with van der Waals surface area (Å²) in [5, 5.41) is 0. The van der Waals surface area contributed by atoms with E-state index in [2.05, 4.69) is 43.9 Å². The van der Waals surface area contributed by atoms with E-state index in [1.54, 1.807) is 0 Å². The molecule has 0 amide bonds. The Kier molecular flexibility index (Phi) is 4.64. The van der Waals surface area contributed by atoms with Gasteiger partial charge in [-0.25, -0.2) is 0 Å². The maximum atomic E-state index is 12.5. The number of aryl methyl sites for hydroxylation is 1. The highest BCUT2D eigenvalue weighted by Crippen LogP contribution is 2.25. The summed E-state index contributed by atoms with van der Waals surface area (Å²) in [5.74, 6) is 0.292. The molecule has 0 unspecified atom stereocenters. The van der Waals surface area contributed by atoms with Gasteiger partial charge < -0.3 is 4.90 Å². The van der Waals surface area contributed by atoms with Gasteiger partial charge in [-0.2, -0.15) is 0 Å². The van der Waals surface area contributed by atoms with Gasteiger partial charge in [0.05, 0.1) is 0 Å². The van der Waals surface area contributed by atoms with Gasteiger partial charge in [-0.1, -0.05) is 32.9 Å². The van der Waals surface area contributed by atoms with Crippen LogP contribution in [0.2, 0.25) is 0 Å². The molecule has 20 heavy (non-hydrogen) atoms. The van der Waals surface area contributed by atoms with Crippen LogP contribution in [-0.2, 0) is 5.41 Å². The predicted molar refractivity (Wildman–Crippen MR) is 84.5 cm³/mol. The van der Waals surface area contributed by atoms with E-state index in [0.29, 0.717) is 12.2 Å². The van der Waals surface area contributed by atoms with E-state index in [9.17, 15) is 4.79 Å². The largest absolute Gasteiger partial charge is 0.303 e. The van der Waals surface area contributed by atoms with Gasteiger partial charge in [0.1, 0.15) is 0 Å². The Labute approximate surface area is 123 Å². The highest BCUT2D eigenvalue weighted by Gasteiger charge is 2.18. The molecule has 1 aromatic rings. The van der Waals surface area contributed by atoms with Crippen LogP contribution in [0.5, 0.6) is 0 Å². The van der Waals surface area contributed by atoms with Crippen molar-refractivity contribution in [3.63, 3.8) is 0 Å². The third-order valence-corrected chi connectivity index (χ3v) is 4.26. The highest BCUT2D eigenvalue weighted by molar-refractivity contribution is 5.97. The van der Waals surface area contributed by atoms with Crippen molar-refractivity contribution in [1.82, 2.24) is 4.90 Å². The van der Waals surface area contributed by atoms with Crippen LogP contribution in [0.15, 0.2) is 18.2 Å². The smallest absolute Gasteiger partial charge is 0.164 e. The van der Waals surface area contributed by atoms with Crippen molar-refractivity contribution in [3.05, 3.63) is 34.9 Å². The lowest BCUT2D eigenvalue weighted by Crippen LogP contribution is -2.23. The van der Waals surface area contributed by atoms with E-state index in [1.165, 1.54) is 18.4 Å². The Morgan fingerprint density at radius 1 is 1.20 bits per heavy atom. The molecule has 0 aliphatic carbocycles. The summed E-state index contributed by atoms with van der Waals surface area (Å²) in [6.07, 6.45) is 3.22. The quantitative estimate of drug-likeness (QED) is 0.774. The van der Waals surface area contributed by atoms with Crippen LogP contribution in [-0.4, -0.2) is 30.3 Å². The first-order valence-electron chi connectivity index (χ1n) is 7.74. The second-order valence-electron chi connectivity index (χ2n) is 7.00. The first kappa shape index (κ1) is 15.2. The summed E-state index contributed by atoms with van der Waals surface area (Å²) in [7, 11) is 0. The van der Waals surface area contributed by atoms with Gasteiger partial charge in [0, 0.05) is 18.5 Å². The van der Waals surface area contributed by atoms with E-state index >= 15 is 0 Å². The molecule has 0 atom stereocenters. The van der Waals surface area contributed by atoms with Crippen LogP contribution < -0.4 is 0 Å². The predicted octanol–water partition coefficient (Wildman–Crippen LogP) is 3.96. The van der Waals surface area contributed by atoms with E-state index in [0.717, 1.165) is 30.8 Å². The van der Waals surface area contributed by atoms with Gasteiger partial charge in [0.15, 0.2) is 5.78 Å². The fraction of sp³-hybridized carbons (Fsp3) is 0.611. The van der Waals surface area contributed by atoms with Gasteiger partial charge in [-0.05, 0) is 55.5 Å². The molecule has 0 aromatic heterocycles. The molecule has 2 rings (SSSR count). The average Bonchev–Trinajstić information content (AvgIpc) is 2.88. The standard InChI is InChI=1S/C18H27NO/c1-14-7-8-15(18(2,3)4)13-16(14)17(20)9-12-19-10-5-6-11-19/h7-8,13H,5-6,9-12H2,1-4H3. The SMILES string of the molecule is Cc1ccc(C(C)(C)C)cc1C(=O)CCN1CCCC1. The van der Waals surface area contributed by atoms with Crippen LogP contribution in [0.4, 0.5) is 0 Å². The number of benzene rings is 1. The molecule has 0 bridgehead atoms. The van der Waals surface area contributed by atoms with E-state index in [1.807, 2.05) is 6.92 Å². The highest BCUT2D eigenvalue weighted by atomic mass is 16.1. The van der Waals surface area contributed by atoms with Crippen LogP contribution in [0.3, 0.4) is 0 Å². The second-order valence-corrected chi connectivity index (χ2v) is 7.00. The van der Waals surface area contributed by atoms with Crippen molar-refractivity contribution >= 4 is 5.78 Å². The zero-order chi connectivity index (χ0) is 14.8. The molecule has 1 aliphatic rings. The summed E-state index contributed by atoms with van der Waals surface area (Å²) < 4.78 is 0. The van der Waals surface area contributed by atoms with Crippen LogP contribution in [0, 0.1) is 6.92 Å². The third-order valence-electron chi connectivity index (χ3n) is 4.26. The number of Topliss-reactive ketones (excluding diaryl/α,β-unsaturated/α-hetero) is 1. The third kappa shape index (κ3) is 3.69. The molecule has 0 saturated carbocycles. The summed E-state index contributed by atoms with van der Waals surface area (Å²) >= 11 is 0. The summed E-state index contributed by atoms with van der Waals surface area (Å²) in [6.45, 7) is 11.8. The van der Waals surface area contributed by atoms with Gasteiger partial charge >= 0.3 is 0 Å². The summed E-state index contributed by atoms with van der Waals surface area (Å²) in [5.41, 5.74) is 3.35. The van der Waals surface area contributed by atoms with E-state index < -0.39 is 0 Å². The van der Waals surface area contributed by atoms with Crippen molar-refractivity contribution < 1.29 is 4.79 Å². The molecule has 0 N–H and O–H groups in total. The molecule has 0 spiro atoms. The van der Waals surface area contributed by atoms with Crippen molar-refractivity contribution in [3.8, 4) is 0 Å². The van der Waals surface area contributed by atoms with Crippen LogP contribution in [0.25, 0.3) is 0 Å². The van der Waals surface area contributed by atoms with Gasteiger partial charge in [0.25, 0.3) is 0 Å². The lowest BCUT2D eigenvalue weighted by Gasteiger charge is -2.21. The fourth-order valence-corrected chi connectivity index (χ4v) is 2.79. The number of carbonyl (C=O) groups excluding carboxylic acids is 1. The minimum atomic E-state index is 0.0949. The molecule has 110 valence electrons. The molecule has 2 heteroatoms. The van der Waals surface area contributed by atoms with Crippen molar-refractivity contribution in [2.75, 3.05) is 19.6 Å². The van der Waals surface area contributed by atoms with Crippen molar-refractivity contribution in [2.24, 2.45) is 0 Å². The number of rotatable bonds is 4.